The standard InChI is InChI=1S/C16H14F4N2O3/c1-23-5-4-22(14-12(17)15(19)21-16(20)13(14)18)7-9-2-3-10-11(6-9)25-8-24-10/h2-3,6H,4-5,7-8H2,1H3. The van der Waals surface area contributed by atoms with Crippen molar-refractivity contribution in [2.24, 2.45) is 0 Å². The molecule has 0 spiro atoms. The minimum Gasteiger partial charge on any atom is -0.454 e. The number of hydrogen-bond donors (Lipinski definition) is 0. The van der Waals surface area contributed by atoms with Crippen molar-refractivity contribution in [1.82, 2.24) is 4.98 Å². The number of hydrogen-bond acceptors (Lipinski definition) is 5. The van der Waals surface area contributed by atoms with Gasteiger partial charge in [0.15, 0.2) is 11.5 Å². The maximum atomic E-state index is 14.1. The van der Waals surface area contributed by atoms with Gasteiger partial charge >= 0.3 is 0 Å². The third kappa shape index (κ3) is 3.46. The predicted molar refractivity (Wildman–Crippen MR) is 79.6 cm³/mol. The molecule has 0 aliphatic carbocycles. The molecule has 134 valence electrons. The van der Waals surface area contributed by atoms with E-state index in [4.69, 9.17) is 14.2 Å². The number of anilines is 1. The zero-order valence-corrected chi connectivity index (χ0v) is 13.2. The quantitative estimate of drug-likeness (QED) is 0.587. The van der Waals surface area contributed by atoms with Crippen LogP contribution < -0.4 is 14.4 Å². The van der Waals surface area contributed by atoms with Gasteiger partial charge in [0, 0.05) is 20.2 Å². The molecule has 1 aliphatic rings. The highest BCUT2D eigenvalue weighted by atomic mass is 19.2. The largest absolute Gasteiger partial charge is 0.454 e. The Morgan fingerprint density at radius 1 is 1.08 bits per heavy atom. The number of rotatable bonds is 6. The Kier molecular flexibility index (Phi) is 4.93. The molecule has 0 fully saturated rings. The molecule has 25 heavy (non-hydrogen) atoms. The number of fused-ring (bicyclic) bond motifs is 1. The smallest absolute Gasteiger partial charge is 0.253 e. The highest BCUT2D eigenvalue weighted by Gasteiger charge is 2.26. The third-order valence-electron chi connectivity index (χ3n) is 3.67. The summed E-state index contributed by atoms with van der Waals surface area (Å²) in [6, 6.07) is 4.94. The van der Waals surface area contributed by atoms with Crippen molar-refractivity contribution in [3.8, 4) is 11.5 Å². The average Bonchev–Trinajstić information content (AvgIpc) is 3.05. The van der Waals surface area contributed by atoms with E-state index >= 15 is 0 Å². The topological polar surface area (TPSA) is 43.8 Å². The minimum atomic E-state index is -1.71. The molecule has 5 nitrogen and oxygen atoms in total. The van der Waals surface area contributed by atoms with E-state index in [9.17, 15) is 17.6 Å². The van der Waals surface area contributed by atoms with Crippen LogP contribution in [0.25, 0.3) is 0 Å². The first kappa shape index (κ1) is 17.3. The van der Waals surface area contributed by atoms with Gasteiger partial charge < -0.3 is 19.1 Å². The Bertz CT molecular complexity index is 762. The lowest BCUT2D eigenvalue weighted by molar-refractivity contribution is 0.174. The van der Waals surface area contributed by atoms with Crippen LogP contribution in [0.3, 0.4) is 0 Å². The number of aromatic nitrogens is 1. The van der Waals surface area contributed by atoms with Gasteiger partial charge in [0.25, 0.3) is 11.9 Å². The molecule has 0 saturated heterocycles. The lowest BCUT2D eigenvalue weighted by Crippen LogP contribution is -2.29. The van der Waals surface area contributed by atoms with Gasteiger partial charge in [0.2, 0.25) is 18.4 Å². The first-order valence-corrected chi connectivity index (χ1v) is 7.33. The Morgan fingerprint density at radius 3 is 2.44 bits per heavy atom. The molecule has 9 heteroatoms. The van der Waals surface area contributed by atoms with Crippen LogP contribution in [-0.4, -0.2) is 32.0 Å². The second-order valence-corrected chi connectivity index (χ2v) is 5.27. The monoisotopic (exact) mass is 358 g/mol. The van der Waals surface area contributed by atoms with E-state index in [2.05, 4.69) is 4.98 Å². The molecule has 0 N–H and O–H groups in total. The molecule has 0 radical (unpaired) electrons. The minimum absolute atomic E-state index is 0.00166. The molecule has 0 unspecified atom stereocenters. The molecule has 0 bridgehead atoms. The summed E-state index contributed by atoms with van der Waals surface area (Å²) >= 11 is 0. The molecule has 2 heterocycles. The zero-order chi connectivity index (χ0) is 18.0. The van der Waals surface area contributed by atoms with Crippen LogP contribution >= 0.6 is 0 Å². The highest BCUT2D eigenvalue weighted by Crippen LogP contribution is 2.34. The van der Waals surface area contributed by atoms with Gasteiger partial charge in [-0.25, -0.2) is 0 Å². The lowest BCUT2D eigenvalue weighted by atomic mass is 10.1. The van der Waals surface area contributed by atoms with Gasteiger partial charge in [-0.2, -0.15) is 22.5 Å². The zero-order valence-electron chi connectivity index (χ0n) is 13.2. The normalized spacial score (nSPS) is 12.5. The summed E-state index contributed by atoms with van der Waals surface area (Å²) in [5.74, 6) is -5.50. The van der Waals surface area contributed by atoms with Crippen LogP contribution in [0.2, 0.25) is 0 Å². The fraction of sp³-hybridized carbons (Fsp3) is 0.312. The van der Waals surface area contributed by atoms with E-state index in [1.54, 1.807) is 18.2 Å². The van der Waals surface area contributed by atoms with Gasteiger partial charge in [-0.15, -0.1) is 0 Å². The number of ether oxygens (including phenoxy) is 3. The summed E-state index contributed by atoms with van der Waals surface area (Å²) in [6.07, 6.45) is 0. The molecule has 1 aliphatic heterocycles. The summed E-state index contributed by atoms with van der Waals surface area (Å²) in [5.41, 5.74) is -0.225. The Morgan fingerprint density at radius 2 is 1.76 bits per heavy atom. The first-order chi connectivity index (χ1) is 12.0. The van der Waals surface area contributed by atoms with Gasteiger partial charge in [-0.05, 0) is 17.7 Å². The summed E-state index contributed by atoms with van der Waals surface area (Å²) in [7, 11) is 1.40. The van der Waals surface area contributed by atoms with Crippen molar-refractivity contribution < 1.29 is 31.8 Å². The van der Waals surface area contributed by atoms with Crippen LogP contribution in [0, 0.1) is 23.5 Å². The van der Waals surface area contributed by atoms with Crippen molar-refractivity contribution in [2.75, 3.05) is 32.0 Å². The van der Waals surface area contributed by atoms with Crippen LogP contribution in [0.4, 0.5) is 23.2 Å². The fourth-order valence-electron chi connectivity index (χ4n) is 2.48. The second kappa shape index (κ2) is 7.14. The molecule has 0 saturated carbocycles. The van der Waals surface area contributed by atoms with Gasteiger partial charge in [-0.3, -0.25) is 0 Å². The molecule has 1 aromatic heterocycles. The van der Waals surface area contributed by atoms with E-state index in [0.717, 1.165) is 4.90 Å². The van der Waals surface area contributed by atoms with Crippen LogP contribution in [0.15, 0.2) is 18.2 Å². The summed E-state index contributed by atoms with van der Waals surface area (Å²) in [5, 5.41) is 0. The highest BCUT2D eigenvalue weighted by molar-refractivity contribution is 5.51. The summed E-state index contributed by atoms with van der Waals surface area (Å²) in [6.45, 7) is 0.142. The Labute approximate surface area is 140 Å². The number of nitrogens with zero attached hydrogens (tertiary/aromatic N) is 2. The van der Waals surface area contributed by atoms with Crippen molar-refractivity contribution in [2.45, 2.75) is 6.54 Å². The van der Waals surface area contributed by atoms with Crippen LogP contribution in [0.1, 0.15) is 5.56 Å². The van der Waals surface area contributed by atoms with E-state index in [0.29, 0.717) is 17.1 Å². The number of halogens is 4. The third-order valence-corrected chi connectivity index (χ3v) is 3.67. The van der Waals surface area contributed by atoms with Gasteiger partial charge in [-0.1, -0.05) is 6.07 Å². The SMILES string of the molecule is COCCN(Cc1ccc2c(c1)OCO2)c1c(F)c(F)nc(F)c1F. The average molecular weight is 358 g/mol. The van der Waals surface area contributed by atoms with Crippen molar-refractivity contribution >= 4 is 5.69 Å². The van der Waals surface area contributed by atoms with Gasteiger partial charge in [0.05, 0.1) is 6.61 Å². The molecule has 1 aromatic carbocycles. The molecule has 3 rings (SSSR count). The van der Waals surface area contributed by atoms with Gasteiger partial charge in [0.1, 0.15) is 5.69 Å². The Hall–Kier alpha value is -2.55. The van der Waals surface area contributed by atoms with Crippen LogP contribution in [-0.2, 0) is 11.3 Å². The van der Waals surface area contributed by atoms with Crippen molar-refractivity contribution in [3.05, 3.63) is 47.3 Å². The predicted octanol–water partition coefficient (Wildman–Crippen LogP) is 3.02. The van der Waals surface area contributed by atoms with E-state index in [-0.39, 0.29) is 26.5 Å². The summed E-state index contributed by atoms with van der Waals surface area (Å²) in [4.78, 5) is 3.71. The van der Waals surface area contributed by atoms with E-state index in [1.165, 1.54) is 7.11 Å². The second-order valence-electron chi connectivity index (χ2n) is 5.27. The first-order valence-electron chi connectivity index (χ1n) is 7.33. The molecule has 0 atom stereocenters. The number of methoxy groups -OCH3 is 1. The molecular weight excluding hydrogens is 344 g/mol. The molecular formula is C16H14F4N2O3. The lowest BCUT2D eigenvalue weighted by Gasteiger charge is -2.25. The van der Waals surface area contributed by atoms with E-state index in [1.807, 2.05) is 0 Å². The molecule has 2 aromatic rings. The number of benzene rings is 1. The molecule has 0 amide bonds. The number of pyridine rings is 1. The summed E-state index contributed by atoms with van der Waals surface area (Å²) < 4.78 is 70.4. The van der Waals surface area contributed by atoms with E-state index < -0.39 is 29.2 Å². The maximum Gasteiger partial charge on any atom is 0.253 e. The van der Waals surface area contributed by atoms with Crippen molar-refractivity contribution in [3.63, 3.8) is 0 Å². The fourth-order valence-corrected chi connectivity index (χ4v) is 2.48. The van der Waals surface area contributed by atoms with Crippen molar-refractivity contribution in [1.29, 1.82) is 0 Å². The Balaban J connectivity index is 1.95. The maximum absolute atomic E-state index is 14.1. The van der Waals surface area contributed by atoms with Crippen LogP contribution in [0.5, 0.6) is 11.5 Å².